The highest BCUT2D eigenvalue weighted by Gasteiger charge is 2.49. The van der Waals surface area contributed by atoms with Crippen LogP contribution in [0.25, 0.3) is 10.9 Å². The molecule has 2 aromatic carbocycles. The highest BCUT2D eigenvalue weighted by molar-refractivity contribution is 6.00. The third-order valence-corrected chi connectivity index (χ3v) is 7.25. The van der Waals surface area contributed by atoms with Crippen LogP contribution in [0.4, 0.5) is 0 Å². The molecule has 2 N–H and O–H groups in total. The van der Waals surface area contributed by atoms with E-state index in [-0.39, 0.29) is 29.8 Å². The van der Waals surface area contributed by atoms with Crippen molar-refractivity contribution in [2.75, 3.05) is 13.1 Å². The molecule has 2 bridgehead atoms. The standard InChI is InChI=1S/C28H32N4O3/c1-17-9-11-18(12-10-17)26(34)31-15-21-14-20(31)16-32(21)27(35)24(28(2,3)4)30-25(33)23-13-19-7-5-6-8-22(19)29-23/h5-13,20-21,24,29H,14-16H2,1-4H3,(H,30,33)/t20-,21-,24?/m0/s1. The van der Waals surface area contributed by atoms with Crippen LogP contribution < -0.4 is 5.32 Å². The molecule has 1 aromatic heterocycles. The van der Waals surface area contributed by atoms with Gasteiger partial charge in [0.15, 0.2) is 0 Å². The van der Waals surface area contributed by atoms with E-state index in [9.17, 15) is 14.4 Å². The minimum absolute atomic E-state index is 0.00257. The SMILES string of the molecule is Cc1ccc(C(=O)N2C[C@@H]3C[C@H]2CN3C(=O)C(NC(=O)c2cc3ccccc3[nH]2)C(C)(C)C)cc1. The Hall–Kier alpha value is -3.61. The van der Waals surface area contributed by atoms with Crippen LogP contribution in [0, 0.1) is 12.3 Å². The van der Waals surface area contributed by atoms with Gasteiger partial charge in [0.25, 0.3) is 11.8 Å². The fourth-order valence-corrected chi connectivity index (χ4v) is 5.27. The third kappa shape index (κ3) is 4.31. The van der Waals surface area contributed by atoms with Gasteiger partial charge < -0.3 is 20.1 Å². The van der Waals surface area contributed by atoms with Crippen LogP contribution in [-0.4, -0.2) is 63.7 Å². The Kier molecular flexibility index (Phi) is 5.66. The van der Waals surface area contributed by atoms with E-state index in [1.165, 1.54) is 0 Å². The summed E-state index contributed by atoms with van der Waals surface area (Å²) in [6.45, 7) is 8.90. The average molecular weight is 473 g/mol. The second kappa shape index (κ2) is 8.56. The average Bonchev–Trinajstić information content (AvgIpc) is 3.55. The summed E-state index contributed by atoms with van der Waals surface area (Å²) in [6, 6.07) is 16.4. The van der Waals surface area contributed by atoms with Crippen molar-refractivity contribution >= 4 is 28.6 Å². The summed E-state index contributed by atoms with van der Waals surface area (Å²) in [6.07, 6.45) is 0.774. The number of para-hydroxylation sites is 1. The number of nitrogens with zero attached hydrogens (tertiary/aromatic N) is 2. The Morgan fingerprint density at radius 2 is 1.63 bits per heavy atom. The number of piperazine rings is 1. The Morgan fingerprint density at radius 1 is 0.971 bits per heavy atom. The van der Waals surface area contributed by atoms with Crippen molar-refractivity contribution < 1.29 is 14.4 Å². The predicted octanol–water partition coefficient (Wildman–Crippen LogP) is 3.75. The normalized spacial score (nSPS) is 20.3. The van der Waals surface area contributed by atoms with Crippen LogP contribution in [0.15, 0.2) is 54.6 Å². The third-order valence-electron chi connectivity index (χ3n) is 7.25. The van der Waals surface area contributed by atoms with Gasteiger partial charge in [0.1, 0.15) is 11.7 Å². The van der Waals surface area contributed by atoms with Crippen molar-refractivity contribution in [3.05, 3.63) is 71.4 Å². The number of fused-ring (bicyclic) bond motifs is 3. The van der Waals surface area contributed by atoms with E-state index in [2.05, 4.69) is 10.3 Å². The topological polar surface area (TPSA) is 85.5 Å². The number of amides is 3. The van der Waals surface area contributed by atoms with Gasteiger partial charge in [0.05, 0.1) is 12.1 Å². The fraction of sp³-hybridized carbons (Fsp3) is 0.393. The zero-order chi connectivity index (χ0) is 24.9. The molecule has 0 radical (unpaired) electrons. The number of H-pyrrole nitrogens is 1. The maximum Gasteiger partial charge on any atom is 0.268 e. The van der Waals surface area contributed by atoms with Crippen molar-refractivity contribution in [3.63, 3.8) is 0 Å². The van der Waals surface area contributed by atoms with Crippen LogP contribution in [0.2, 0.25) is 0 Å². The van der Waals surface area contributed by atoms with E-state index in [1.54, 1.807) is 6.07 Å². The number of hydrogen-bond acceptors (Lipinski definition) is 3. The zero-order valence-corrected chi connectivity index (χ0v) is 20.7. The number of rotatable bonds is 4. The Labute approximate surface area is 205 Å². The zero-order valence-electron chi connectivity index (χ0n) is 20.7. The summed E-state index contributed by atoms with van der Waals surface area (Å²) in [5.41, 5.74) is 2.64. The molecule has 2 aliphatic rings. The lowest BCUT2D eigenvalue weighted by molar-refractivity contribution is -0.138. The molecule has 0 saturated carbocycles. The minimum Gasteiger partial charge on any atom is -0.351 e. The highest BCUT2D eigenvalue weighted by atomic mass is 16.2. The van der Waals surface area contributed by atoms with E-state index in [0.717, 1.165) is 22.9 Å². The van der Waals surface area contributed by atoms with Gasteiger partial charge in [-0.05, 0) is 43.0 Å². The van der Waals surface area contributed by atoms with Crippen LogP contribution in [0.3, 0.4) is 0 Å². The first-order chi connectivity index (χ1) is 16.6. The van der Waals surface area contributed by atoms with Gasteiger partial charge >= 0.3 is 0 Å². The monoisotopic (exact) mass is 472 g/mol. The lowest BCUT2D eigenvalue weighted by Gasteiger charge is -2.39. The summed E-state index contributed by atoms with van der Waals surface area (Å²) in [4.78, 5) is 46.8. The van der Waals surface area contributed by atoms with Crippen LogP contribution in [-0.2, 0) is 4.79 Å². The maximum atomic E-state index is 13.7. The first kappa shape index (κ1) is 23.1. The van der Waals surface area contributed by atoms with E-state index in [4.69, 9.17) is 0 Å². The molecule has 3 amide bonds. The molecule has 2 fully saturated rings. The molecular weight excluding hydrogens is 440 g/mol. The van der Waals surface area contributed by atoms with Crippen molar-refractivity contribution in [2.24, 2.45) is 5.41 Å². The summed E-state index contributed by atoms with van der Waals surface area (Å²) < 4.78 is 0. The number of aromatic amines is 1. The van der Waals surface area contributed by atoms with Gasteiger partial charge in [-0.1, -0.05) is 56.7 Å². The second-order valence-electron chi connectivity index (χ2n) is 10.9. The number of likely N-dealkylation sites (tertiary alicyclic amines) is 2. The molecule has 1 unspecified atom stereocenters. The van der Waals surface area contributed by atoms with Crippen molar-refractivity contribution in [1.82, 2.24) is 20.1 Å². The molecule has 7 heteroatoms. The van der Waals surface area contributed by atoms with Gasteiger partial charge in [0, 0.05) is 29.6 Å². The molecule has 0 spiro atoms. The quantitative estimate of drug-likeness (QED) is 0.607. The van der Waals surface area contributed by atoms with Gasteiger partial charge in [0.2, 0.25) is 5.91 Å². The van der Waals surface area contributed by atoms with E-state index >= 15 is 0 Å². The first-order valence-electron chi connectivity index (χ1n) is 12.2. The second-order valence-corrected chi connectivity index (χ2v) is 10.9. The molecule has 5 rings (SSSR count). The van der Waals surface area contributed by atoms with Gasteiger partial charge in [-0.15, -0.1) is 0 Å². The maximum absolute atomic E-state index is 13.7. The molecule has 182 valence electrons. The summed E-state index contributed by atoms with van der Waals surface area (Å²) in [5.74, 6) is -0.365. The number of carbonyl (C=O) groups excluding carboxylic acids is 3. The number of benzene rings is 2. The molecule has 35 heavy (non-hydrogen) atoms. The summed E-state index contributed by atoms with van der Waals surface area (Å²) in [7, 11) is 0. The van der Waals surface area contributed by atoms with Gasteiger partial charge in [-0.3, -0.25) is 14.4 Å². The minimum atomic E-state index is -0.679. The first-order valence-corrected chi connectivity index (χ1v) is 12.2. The Balaban J connectivity index is 1.29. The number of aryl methyl sites for hydroxylation is 1. The van der Waals surface area contributed by atoms with Gasteiger partial charge in [-0.2, -0.15) is 0 Å². The summed E-state index contributed by atoms with van der Waals surface area (Å²) in [5, 5.41) is 3.94. The lowest BCUT2D eigenvalue weighted by Crippen LogP contribution is -2.59. The number of hydrogen-bond donors (Lipinski definition) is 2. The largest absolute Gasteiger partial charge is 0.351 e. The highest BCUT2D eigenvalue weighted by Crippen LogP contribution is 2.34. The van der Waals surface area contributed by atoms with Crippen molar-refractivity contribution in [1.29, 1.82) is 0 Å². The lowest BCUT2D eigenvalue weighted by atomic mass is 9.85. The van der Waals surface area contributed by atoms with E-state index in [1.807, 2.05) is 86.0 Å². The van der Waals surface area contributed by atoms with Crippen LogP contribution in [0.5, 0.6) is 0 Å². The molecule has 7 nitrogen and oxygen atoms in total. The smallest absolute Gasteiger partial charge is 0.268 e. The van der Waals surface area contributed by atoms with Crippen molar-refractivity contribution in [3.8, 4) is 0 Å². The van der Waals surface area contributed by atoms with E-state index in [0.29, 0.717) is 24.3 Å². The molecule has 3 aromatic rings. The predicted molar refractivity (Wildman–Crippen MR) is 135 cm³/mol. The molecule has 3 atom stereocenters. The van der Waals surface area contributed by atoms with Gasteiger partial charge in [-0.25, -0.2) is 0 Å². The van der Waals surface area contributed by atoms with Crippen LogP contribution in [0.1, 0.15) is 53.6 Å². The number of nitrogens with one attached hydrogen (secondary N) is 2. The van der Waals surface area contributed by atoms with E-state index < -0.39 is 11.5 Å². The Morgan fingerprint density at radius 3 is 2.26 bits per heavy atom. The molecule has 0 aliphatic carbocycles. The fourth-order valence-electron chi connectivity index (χ4n) is 5.27. The number of carbonyl (C=O) groups is 3. The number of aromatic nitrogens is 1. The molecular formula is C28H32N4O3. The van der Waals surface area contributed by atoms with Crippen LogP contribution >= 0.6 is 0 Å². The summed E-state index contributed by atoms with van der Waals surface area (Å²) >= 11 is 0. The molecule has 3 heterocycles. The Bertz CT molecular complexity index is 1250. The molecule has 2 saturated heterocycles. The van der Waals surface area contributed by atoms with Crippen molar-refractivity contribution in [2.45, 2.75) is 52.2 Å². The molecule has 2 aliphatic heterocycles.